The molecule has 0 spiro atoms. The lowest BCUT2D eigenvalue weighted by atomic mass is 10.1. The van der Waals surface area contributed by atoms with E-state index in [1.54, 1.807) is 31.2 Å². The first-order valence-corrected chi connectivity index (χ1v) is 7.79. The van der Waals surface area contributed by atoms with E-state index in [9.17, 15) is 14.4 Å². The number of carbonyl (C=O) groups excluding carboxylic acids is 3. The van der Waals surface area contributed by atoms with E-state index in [1.165, 1.54) is 18.3 Å². The van der Waals surface area contributed by atoms with Crippen molar-refractivity contribution in [1.29, 1.82) is 0 Å². The minimum atomic E-state index is -0.742. The van der Waals surface area contributed by atoms with Gasteiger partial charge in [-0.3, -0.25) is 9.59 Å². The predicted octanol–water partition coefficient (Wildman–Crippen LogP) is 3.17. The SMILES string of the molecule is CCOC(=O)c1ccc(NC(=O)C(=O)c2c[nH]c3ccccc23)cc1. The number of aromatic nitrogens is 1. The molecule has 0 unspecified atom stereocenters. The van der Waals surface area contributed by atoms with Crippen LogP contribution in [0.1, 0.15) is 27.6 Å². The first-order chi connectivity index (χ1) is 12.1. The Kier molecular flexibility index (Phi) is 4.61. The molecule has 126 valence electrons. The molecule has 0 radical (unpaired) electrons. The van der Waals surface area contributed by atoms with E-state index in [2.05, 4.69) is 10.3 Å². The Labute approximate surface area is 143 Å². The highest BCUT2D eigenvalue weighted by Gasteiger charge is 2.20. The summed E-state index contributed by atoms with van der Waals surface area (Å²) >= 11 is 0. The number of hydrogen-bond donors (Lipinski definition) is 2. The number of ketones is 1. The van der Waals surface area contributed by atoms with Crippen LogP contribution >= 0.6 is 0 Å². The zero-order valence-electron chi connectivity index (χ0n) is 13.5. The third-order valence-corrected chi connectivity index (χ3v) is 3.69. The second-order valence-corrected chi connectivity index (χ2v) is 5.33. The van der Waals surface area contributed by atoms with Gasteiger partial charge in [-0.2, -0.15) is 0 Å². The van der Waals surface area contributed by atoms with Gasteiger partial charge >= 0.3 is 5.97 Å². The summed E-state index contributed by atoms with van der Waals surface area (Å²) in [6, 6.07) is 13.4. The summed E-state index contributed by atoms with van der Waals surface area (Å²) in [6.45, 7) is 2.01. The topological polar surface area (TPSA) is 88.3 Å². The van der Waals surface area contributed by atoms with Crippen LogP contribution in [0.3, 0.4) is 0 Å². The maximum absolute atomic E-state index is 12.4. The minimum absolute atomic E-state index is 0.288. The summed E-state index contributed by atoms with van der Waals surface area (Å²) in [5.41, 5.74) is 1.91. The maximum atomic E-state index is 12.4. The zero-order chi connectivity index (χ0) is 17.8. The van der Waals surface area contributed by atoms with Crippen LogP contribution in [-0.2, 0) is 9.53 Å². The van der Waals surface area contributed by atoms with Gasteiger partial charge in [-0.05, 0) is 37.3 Å². The molecule has 1 aromatic heterocycles. The summed E-state index contributed by atoms with van der Waals surface area (Å²) in [4.78, 5) is 39.2. The molecule has 0 saturated heterocycles. The number of amides is 1. The van der Waals surface area contributed by atoms with Crippen molar-refractivity contribution in [3.63, 3.8) is 0 Å². The van der Waals surface area contributed by atoms with Gasteiger partial charge in [-0.15, -0.1) is 0 Å². The minimum Gasteiger partial charge on any atom is -0.462 e. The van der Waals surface area contributed by atoms with Gasteiger partial charge in [0.1, 0.15) is 0 Å². The molecule has 1 heterocycles. The van der Waals surface area contributed by atoms with Crippen LogP contribution in [0, 0.1) is 0 Å². The number of benzene rings is 2. The van der Waals surface area contributed by atoms with Crippen LogP contribution in [0.2, 0.25) is 0 Å². The van der Waals surface area contributed by atoms with E-state index in [1.807, 2.05) is 12.1 Å². The van der Waals surface area contributed by atoms with E-state index in [0.29, 0.717) is 22.2 Å². The number of esters is 1. The number of fused-ring (bicyclic) bond motifs is 1. The van der Waals surface area contributed by atoms with E-state index < -0.39 is 17.7 Å². The molecule has 0 aliphatic rings. The largest absolute Gasteiger partial charge is 0.462 e. The van der Waals surface area contributed by atoms with Crippen LogP contribution in [-0.4, -0.2) is 29.3 Å². The van der Waals surface area contributed by atoms with Crippen LogP contribution in [0.4, 0.5) is 5.69 Å². The van der Waals surface area contributed by atoms with Crippen LogP contribution in [0.15, 0.2) is 54.7 Å². The molecule has 2 N–H and O–H groups in total. The number of ether oxygens (including phenoxy) is 1. The van der Waals surface area contributed by atoms with Gasteiger partial charge in [0.05, 0.1) is 17.7 Å². The molecule has 25 heavy (non-hydrogen) atoms. The average molecular weight is 336 g/mol. The summed E-state index contributed by atoms with van der Waals surface area (Å²) < 4.78 is 4.89. The van der Waals surface area contributed by atoms with E-state index in [-0.39, 0.29) is 6.61 Å². The molecule has 1 amide bonds. The maximum Gasteiger partial charge on any atom is 0.338 e. The van der Waals surface area contributed by atoms with E-state index in [0.717, 1.165) is 5.52 Å². The molecule has 6 heteroatoms. The summed E-state index contributed by atoms with van der Waals surface area (Å²) in [6.07, 6.45) is 1.52. The Balaban J connectivity index is 1.73. The van der Waals surface area contributed by atoms with Crippen molar-refractivity contribution < 1.29 is 19.1 Å². The quantitative estimate of drug-likeness (QED) is 0.425. The van der Waals surface area contributed by atoms with Crippen molar-refractivity contribution >= 4 is 34.3 Å². The lowest BCUT2D eigenvalue weighted by molar-refractivity contribution is -0.112. The standard InChI is InChI=1S/C19H16N2O4/c1-2-25-19(24)12-7-9-13(10-8-12)21-18(23)17(22)15-11-20-16-6-4-3-5-14(15)16/h3-11,20H,2H2,1H3,(H,21,23). The summed E-state index contributed by atoms with van der Waals surface area (Å²) in [5.74, 6) is -1.81. The number of aromatic amines is 1. The van der Waals surface area contributed by atoms with Crippen molar-refractivity contribution in [3.8, 4) is 0 Å². The fourth-order valence-corrected chi connectivity index (χ4v) is 2.47. The van der Waals surface area contributed by atoms with Crippen molar-refractivity contribution in [1.82, 2.24) is 4.98 Å². The van der Waals surface area contributed by atoms with Gasteiger partial charge < -0.3 is 15.0 Å². The van der Waals surface area contributed by atoms with Crippen LogP contribution in [0.5, 0.6) is 0 Å². The fourth-order valence-electron chi connectivity index (χ4n) is 2.47. The van der Waals surface area contributed by atoms with Gasteiger partial charge in [-0.1, -0.05) is 18.2 Å². The average Bonchev–Trinajstić information content (AvgIpc) is 3.06. The summed E-state index contributed by atoms with van der Waals surface area (Å²) in [5, 5.41) is 3.23. The third kappa shape index (κ3) is 3.42. The molecular formula is C19H16N2O4. The third-order valence-electron chi connectivity index (χ3n) is 3.69. The molecule has 6 nitrogen and oxygen atoms in total. The molecule has 0 saturated carbocycles. The Morgan fingerprint density at radius 1 is 1.04 bits per heavy atom. The normalized spacial score (nSPS) is 10.4. The van der Waals surface area contributed by atoms with Crippen molar-refractivity contribution in [2.45, 2.75) is 6.92 Å². The zero-order valence-corrected chi connectivity index (χ0v) is 13.5. The molecule has 3 rings (SSSR count). The molecule has 0 aliphatic heterocycles. The van der Waals surface area contributed by atoms with Crippen molar-refractivity contribution in [2.75, 3.05) is 11.9 Å². The lowest BCUT2D eigenvalue weighted by Crippen LogP contribution is -2.22. The van der Waals surface area contributed by atoms with Gasteiger partial charge in [0.15, 0.2) is 0 Å². The molecular weight excluding hydrogens is 320 g/mol. The Hall–Kier alpha value is -3.41. The summed E-state index contributed by atoms with van der Waals surface area (Å²) in [7, 11) is 0. The second kappa shape index (κ2) is 7.00. The van der Waals surface area contributed by atoms with Gasteiger partial charge in [0.2, 0.25) is 0 Å². The Bertz CT molecular complexity index is 941. The van der Waals surface area contributed by atoms with E-state index >= 15 is 0 Å². The predicted molar refractivity (Wildman–Crippen MR) is 93.7 cm³/mol. The Morgan fingerprint density at radius 3 is 2.48 bits per heavy atom. The number of carbonyl (C=O) groups is 3. The van der Waals surface area contributed by atoms with E-state index in [4.69, 9.17) is 4.74 Å². The molecule has 0 aliphatic carbocycles. The van der Waals surface area contributed by atoms with Crippen LogP contribution < -0.4 is 5.32 Å². The van der Waals surface area contributed by atoms with Gasteiger partial charge in [-0.25, -0.2) is 4.79 Å². The number of H-pyrrole nitrogens is 1. The Morgan fingerprint density at radius 2 is 1.76 bits per heavy atom. The lowest BCUT2D eigenvalue weighted by Gasteiger charge is -2.06. The van der Waals surface area contributed by atoms with Gasteiger partial charge in [0.25, 0.3) is 11.7 Å². The van der Waals surface area contributed by atoms with Crippen molar-refractivity contribution in [2.24, 2.45) is 0 Å². The second-order valence-electron chi connectivity index (χ2n) is 5.33. The number of hydrogen-bond acceptors (Lipinski definition) is 4. The number of Topliss-reactive ketones (excluding diaryl/α,β-unsaturated/α-hetero) is 1. The monoisotopic (exact) mass is 336 g/mol. The smallest absolute Gasteiger partial charge is 0.338 e. The molecule has 3 aromatic rings. The highest BCUT2D eigenvalue weighted by molar-refractivity contribution is 6.48. The molecule has 0 bridgehead atoms. The number of para-hydroxylation sites is 1. The van der Waals surface area contributed by atoms with Crippen molar-refractivity contribution in [3.05, 3.63) is 65.9 Å². The number of nitrogens with one attached hydrogen (secondary N) is 2. The number of rotatable bonds is 5. The van der Waals surface area contributed by atoms with Crippen LogP contribution in [0.25, 0.3) is 10.9 Å². The highest BCUT2D eigenvalue weighted by Crippen LogP contribution is 2.19. The number of anilines is 1. The molecule has 0 atom stereocenters. The van der Waals surface area contributed by atoms with Gasteiger partial charge in [0, 0.05) is 22.8 Å². The highest BCUT2D eigenvalue weighted by atomic mass is 16.5. The molecule has 0 fully saturated rings. The first kappa shape index (κ1) is 16.4. The fraction of sp³-hybridized carbons (Fsp3) is 0.105. The first-order valence-electron chi connectivity index (χ1n) is 7.79. The molecule has 2 aromatic carbocycles.